The van der Waals surface area contributed by atoms with E-state index >= 15 is 0 Å². The Labute approximate surface area is 192 Å². The zero-order valence-corrected chi connectivity index (χ0v) is 18.2. The molecule has 0 saturated carbocycles. The molecule has 7 nitrogen and oxygen atoms in total. The van der Waals surface area contributed by atoms with Crippen LogP contribution in [0.2, 0.25) is 0 Å². The minimum atomic E-state index is -0.389. The van der Waals surface area contributed by atoms with E-state index in [4.69, 9.17) is 0 Å². The second kappa shape index (κ2) is 10.5. The van der Waals surface area contributed by atoms with Gasteiger partial charge in [-0.1, -0.05) is 36.4 Å². The largest absolute Gasteiger partial charge is 0.361 e. The molecule has 0 aliphatic heterocycles. The first-order valence-electron chi connectivity index (χ1n) is 11.1. The standard InChI is InChI=1S/C26H26N4O3/c31-26(28-15-13-21-8-4-5-14-27-21)16-20(10-9-19-6-2-1-3-7-19)24-18-29-25-12-11-22(30(32)33)17-23(24)25/h1-8,11-12,14,17-18,20,29H,9-10,13,15-16H2,(H,28,31)/t20-/m1/s1. The van der Waals surface area contributed by atoms with Gasteiger partial charge in [-0.2, -0.15) is 0 Å². The highest BCUT2D eigenvalue weighted by Gasteiger charge is 2.21. The molecule has 1 amide bonds. The number of non-ortho nitro benzene ring substituents is 1. The number of nitrogens with zero attached hydrogens (tertiary/aromatic N) is 2. The summed E-state index contributed by atoms with van der Waals surface area (Å²) >= 11 is 0. The number of hydrogen-bond donors (Lipinski definition) is 2. The number of benzene rings is 2. The Hall–Kier alpha value is -4.00. The van der Waals surface area contributed by atoms with Crippen molar-refractivity contribution in [2.45, 2.75) is 31.6 Å². The van der Waals surface area contributed by atoms with Crippen LogP contribution in [0.1, 0.15) is 35.6 Å². The number of nitrogens with one attached hydrogen (secondary N) is 2. The lowest BCUT2D eigenvalue weighted by Crippen LogP contribution is -2.27. The number of carbonyl (C=O) groups is 1. The topological polar surface area (TPSA) is 101 Å². The lowest BCUT2D eigenvalue weighted by Gasteiger charge is -2.17. The van der Waals surface area contributed by atoms with E-state index in [9.17, 15) is 14.9 Å². The average molecular weight is 443 g/mol. The molecule has 0 aliphatic rings. The van der Waals surface area contributed by atoms with Gasteiger partial charge in [-0.05, 0) is 48.1 Å². The van der Waals surface area contributed by atoms with Crippen LogP contribution < -0.4 is 5.32 Å². The maximum absolute atomic E-state index is 12.8. The van der Waals surface area contributed by atoms with Gasteiger partial charge >= 0.3 is 0 Å². The minimum absolute atomic E-state index is 0.0382. The summed E-state index contributed by atoms with van der Waals surface area (Å²) in [6.45, 7) is 0.514. The van der Waals surface area contributed by atoms with Crippen molar-refractivity contribution in [3.8, 4) is 0 Å². The van der Waals surface area contributed by atoms with Crippen LogP contribution in [0.15, 0.2) is 79.1 Å². The number of H-pyrrole nitrogens is 1. The second-order valence-corrected chi connectivity index (χ2v) is 8.08. The predicted octanol–water partition coefficient (Wildman–Crippen LogP) is 4.94. The van der Waals surface area contributed by atoms with Gasteiger partial charge in [0, 0.05) is 60.5 Å². The Kier molecular flexibility index (Phi) is 7.09. The van der Waals surface area contributed by atoms with Crippen molar-refractivity contribution >= 4 is 22.5 Å². The fourth-order valence-electron chi connectivity index (χ4n) is 4.11. The van der Waals surface area contributed by atoms with Crippen molar-refractivity contribution in [2.75, 3.05) is 6.54 Å². The Morgan fingerprint density at radius 1 is 1.06 bits per heavy atom. The van der Waals surface area contributed by atoms with Gasteiger partial charge in [0.15, 0.2) is 0 Å². The SMILES string of the molecule is O=C(C[C@@H](CCc1ccccc1)c1c[nH]c2ccc([N+](=O)[O-])cc12)NCCc1ccccn1. The van der Waals surface area contributed by atoms with Crippen molar-refractivity contribution in [1.82, 2.24) is 15.3 Å². The number of nitro groups is 1. The molecule has 0 saturated heterocycles. The van der Waals surface area contributed by atoms with Crippen molar-refractivity contribution in [1.29, 1.82) is 0 Å². The fraction of sp³-hybridized carbons (Fsp3) is 0.231. The van der Waals surface area contributed by atoms with Crippen molar-refractivity contribution < 1.29 is 9.72 Å². The molecule has 33 heavy (non-hydrogen) atoms. The zero-order chi connectivity index (χ0) is 23.0. The van der Waals surface area contributed by atoms with Gasteiger partial charge in [0.25, 0.3) is 5.69 Å². The molecule has 0 aliphatic carbocycles. The Morgan fingerprint density at radius 3 is 2.64 bits per heavy atom. The van der Waals surface area contributed by atoms with Crippen LogP contribution in [-0.2, 0) is 17.6 Å². The molecule has 2 heterocycles. The van der Waals surface area contributed by atoms with E-state index in [0.29, 0.717) is 19.4 Å². The summed E-state index contributed by atoms with van der Waals surface area (Å²) in [7, 11) is 0. The molecule has 0 radical (unpaired) electrons. The van der Waals surface area contributed by atoms with Gasteiger partial charge < -0.3 is 10.3 Å². The Bertz CT molecular complexity index is 1220. The molecule has 1 atom stereocenters. The van der Waals surface area contributed by atoms with Crippen LogP contribution in [0.5, 0.6) is 0 Å². The van der Waals surface area contributed by atoms with Crippen molar-refractivity contribution in [3.63, 3.8) is 0 Å². The highest BCUT2D eigenvalue weighted by molar-refractivity contribution is 5.87. The van der Waals surface area contributed by atoms with Gasteiger partial charge in [-0.3, -0.25) is 19.9 Å². The smallest absolute Gasteiger partial charge is 0.270 e. The first-order valence-corrected chi connectivity index (χ1v) is 11.1. The number of fused-ring (bicyclic) bond motifs is 1. The zero-order valence-electron chi connectivity index (χ0n) is 18.2. The van der Waals surface area contributed by atoms with Crippen LogP contribution in [-0.4, -0.2) is 27.3 Å². The lowest BCUT2D eigenvalue weighted by molar-refractivity contribution is -0.384. The van der Waals surface area contributed by atoms with Gasteiger partial charge in [0.1, 0.15) is 0 Å². The minimum Gasteiger partial charge on any atom is -0.361 e. The third kappa shape index (κ3) is 5.83. The third-order valence-electron chi connectivity index (χ3n) is 5.83. The van der Waals surface area contributed by atoms with Gasteiger partial charge in [-0.15, -0.1) is 0 Å². The summed E-state index contributed by atoms with van der Waals surface area (Å²) in [6.07, 6.45) is 6.17. The summed E-state index contributed by atoms with van der Waals surface area (Å²) in [5.41, 5.74) is 3.94. The van der Waals surface area contributed by atoms with Crippen LogP contribution in [0.4, 0.5) is 5.69 Å². The highest BCUT2D eigenvalue weighted by atomic mass is 16.6. The van der Waals surface area contributed by atoms with Gasteiger partial charge in [0.05, 0.1) is 4.92 Å². The van der Waals surface area contributed by atoms with Crippen LogP contribution in [0.3, 0.4) is 0 Å². The molecule has 0 fully saturated rings. The summed E-state index contributed by atoms with van der Waals surface area (Å²) in [4.78, 5) is 31.2. The van der Waals surface area contributed by atoms with Crippen molar-refractivity contribution in [2.24, 2.45) is 0 Å². The molecule has 0 unspecified atom stereocenters. The molecule has 0 bridgehead atoms. The molecular formula is C26H26N4O3. The number of aromatic amines is 1. The molecule has 4 rings (SSSR count). The average Bonchev–Trinajstić information content (AvgIpc) is 3.26. The number of amides is 1. The maximum Gasteiger partial charge on any atom is 0.270 e. The second-order valence-electron chi connectivity index (χ2n) is 8.08. The molecule has 2 aromatic heterocycles. The van der Waals surface area contributed by atoms with Crippen LogP contribution in [0.25, 0.3) is 10.9 Å². The Balaban J connectivity index is 1.50. The van der Waals surface area contributed by atoms with Crippen LogP contribution in [0, 0.1) is 10.1 Å². The summed E-state index contributed by atoms with van der Waals surface area (Å²) in [5, 5.41) is 15.1. The molecule has 4 aromatic rings. The molecule has 7 heteroatoms. The number of hydrogen-bond acceptors (Lipinski definition) is 4. The van der Waals surface area contributed by atoms with E-state index < -0.39 is 0 Å². The number of pyridine rings is 1. The summed E-state index contributed by atoms with van der Waals surface area (Å²) in [5.74, 6) is -0.111. The number of nitro benzene ring substituents is 1. The van der Waals surface area contributed by atoms with Gasteiger partial charge in [0.2, 0.25) is 5.91 Å². The predicted molar refractivity (Wildman–Crippen MR) is 128 cm³/mol. The monoisotopic (exact) mass is 442 g/mol. The number of aromatic nitrogens is 2. The molecule has 168 valence electrons. The molecule has 0 spiro atoms. The first kappa shape index (κ1) is 22.2. The van der Waals surface area contributed by atoms with Crippen LogP contribution >= 0.6 is 0 Å². The lowest BCUT2D eigenvalue weighted by atomic mass is 9.89. The van der Waals surface area contributed by atoms with Crippen molar-refractivity contribution in [3.05, 3.63) is 106 Å². The molecule has 2 aromatic carbocycles. The summed E-state index contributed by atoms with van der Waals surface area (Å²) in [6, 6.07) is 20.7. The highest BCUT2D eigenvalue weighted by Crippen LogP contribution is 2.33. The van der Waals surface area contributed by atoms with Gasteiger partial charge in [-0.25, -0.2) is 0 Å². The first-order chi connectivity index (χ1) is 16.1. The normalized spacial score (nSPS) is 11.9. The maximum atomic E-state index is 12.8. The molecular weight excluding hydrogens is 416 g/mol. The summed E-state index contributed by atoms with van der Waals surface area (Å²) < 4.78 is 0. The molecule has 2 N–H and O–H groups in total. The number of carbonyl (C=O) groups excluding carboxylic acids is 1. The third-order valence-corrected chi connectivity index (χ3v) is 5.83. The fourth-order valence-corrected chi connectivity index (χ4v) is 4.11. The van der Waals surface area contributed by atoms with E-state index in [-0.39, 0.29) is 22.4 Å². The van der Waals surface area contributed by atoms with E-state index in [2.05, 4.69) is 27.4 Å². The number of aryl methyl sites for hydroxylation is 1. The number of rotatable bonds is 10. The van der Waals surface area contributed by atoms with E-state index in [1.165, 1.54) is 11.6 Å². The van der Waals surface area contributed by atoms with E-state index in [1.54, 1.807) is 18.3 Å². The Morgan fingerprint density at radius 2 is 1.88 bits per heavy atom. The van der Waals surface area contributed by atoms with E-state index in [1.807, 2.05) is 42.6 Å². The van der Waals surface area contributed by atoms with E-state index in [0.717, 1.165) is 35.0 Å². The quantitative estimate of drug-likeness (QED) is 0.268.